The van der Waals surface area contributed by atoms with Crippen molar-refractivity contribution in [1.29, 1.82) is 0 Å². The van der Waals surface area contributed by atoms with E-state index in [1.807, 2.05) is 17.0 Å². The van der Waals surface area contributed by atoms with Crippen molar-refractivity contribution in [2.75, 3.05) is 33.4 Å². The molecule has 3 rings (SSSR count). The molecule has 130 valence electrons. The molecular formula is C20H27NO3. The maximum atomic E-state index is 13.5. The van der Waals surface area contributed by atoms with Crippen molar-refractivity contribution in [1.82, 2.24) is 4.90 Å². The average Bonchev–Trinajstić information content (AvgIpc) is 2.86. The summed E-state index contributed by atoms with van der Waals surface area (Å²) < 4.78 is 10.8. The molecule has 0 radical (unpaired) electrons. The van der Waals surface area contributed by atoms with Crippen molar-refractivity contribution in [3.63, 3.8) is 0 Å². The summed E-state index contributed by atoms with van der Waals surface area (Å²) in [5, 5.41) is 0. The van der Waals surface area contributed by atoms with Crippen LogP contribution in [0.4, 0.5) is 0 Å². The largest absolute Gasteiger partial charge is 0.497 e. The lowest BCUT2D eigenvalue weighted by Gasteiger charge is -2.40. The van der Waals surface area contributed by atoms with Crippen LogP contribution in [0.1, 0.15) is 37.7 Å². The second-order valence-corrected chi connectivity index (χ2v) is 6.90. The first-order valence-corrected chi connectivity index (χ1v) is 8.84. The van der Waals surface area contributed by atoms with E-state index < -0.39 is 5.41 Å². The molecule has 24 heavy (non-hydrogen) atoms. The zero-order chi connectivity index (χ0) is 17.0. The predicted molar refractivity (Wildman–Crippen MR) is 94.3 cm³/mol. The Morgan fingerprint density at radius 1 is 1.21 bits per heavy atom. The van der Waals surface area contributed by atoms with Gasteiger partial charge in [0.1, 0.15) is 5.75 Å². The molecule has 0 spiro atoms. The molecule has 2 fully saturated rings. The summed E-state index contributed by atoms with van der Waals surface area (Å²) in [6.07, 6.45) is 5.25. The Bertz CT molecular complexity index is 587. The van der Waals surface area contributed by atoms with Gasteiger partial charge in [-0.1, -0.05) is 38.0 Å². The molecule has 1 saturated heterocycles. The number of rotatable bonds is 3. The third kappa shape index (κ3) is 3.34. The molecule has 0 unspecified atom stereocenters. The quantitative estimate of drug-likeness (QED) is 0.799. The van der Waals surface area contributed by atoms with E-state index in [1.165, 1.54) is 6.42 Å². The van der Waals surface area contributed by atoms with Gasteiger partial charge in [0.2, 0.25) is 5.91 Å². The van der Waals surface area contributed by atoms with Crippen LogP contribution in [0.5, 0.6) is 5.75 Å². The van der Waals surface area contributed by atoms with Crippen LogP contribution in [0.15, 0.2) is 36.4 Å². The summed E-state index contributed by atoms with van der Waals surface area (Å²) in [6.45, 7) is 6.43. The lowest BCUT2D eigenvalue weighted by Crippen LogP contribution is -2.49. The van der Waals surface area contributed by atoms with E-state index >= 15 is 0 Å². The van der Waals surface area contributed by atoms with Gasteiger partial charge in [0.25, 0.3) is 0 Å². The number of benzene rings is 1. The van der Waals surface area contributed by atoms with E-state index in [2.05, 4.69) is 18.7 Å². The summed E-state index contributed by atoms with van der Waals surface area (Å²) in [5.74, 6) is 1.06. The fourth-order valence-corrected chi connectivity index (χ4v) is 3.95. The molecule has 1 heterocycles. The molecule has 1 amide bonds. The highest BCUT2D eigenvalue weighted by molar-refractivity contribution is 5.88. The molecule has 1 saturated carbocycles. The molecule has 1 aromatic carbocycles. The Balaban J connectivity index is 1.92. The van der Waals surface area contributed by atoms with Gasteiger partial charge < -0.3 is 14.4 Å². The van der Waals surface area contributed by atoms with E-state index in [4.69, 9.17) is 9.47 Å². The predicted octanol–water partition coefficient (Wildman–Crippen LogP) is 3.31. The van der Waals surface area contributed by atoms with E-state index in [9.17, 15) is 4.79 Å². The van der Waals surface area contributed by atoms with Gasteiger partial charge in [-0.15, -0.1) is 0 Å². The Morgan fingerprint density at radius 3 is 2.58 bits per heavy atom. The van der Waals surface area contributed by atoms with Crippen LogP contribution in [0.3, 0.4) is 0 Å². The smallest absolute Gasteiger partial charge is 0.233 e. The molecule has 0 bridgehead atoms. The van der Waals surface area contributed by atoms with Gasteiger partial charge in [-0.25, -0.2) is 0 Å². The van der Waals surface area contributed by atoms with Gasteiger partial charge in [-0.2, -0.15) is 0 Å². The Morgan fingerprint density at radius 2 is 1.92 bits per heavy atom. The number of hydrogen-bond acceptors (Lipinski definition) is 3. The number of hydrogen-bond donors (Lipinski definition) is 0. The topological polar surface area (TPSA) is 38.8 Å². The molecule has 1 aliphatic heterocycles. The molecule has 0 aromatic heterocycles. The molecule has 2 aliphatic rings. The summed E-state index contributed by atoms with van der Waals surface area (Å²) in [4.78, 5) is 15.5. The minimum absolute atomic E-state index is 0.235. The minimum atomic E-state index is -0.408. The number of amides is 1. The number of carbonyl (C=O) groups excluding carboxylic acids is 1. The highest BCUT2D eigenvalue weighted by atomic mass is 16.5. The zero-order valence-electron chi connectivity index (χ0n) is 14.6. The molecule has 1 aliphatic carbocycles. The molecule has 0 atom stereocenters. The van der Waals surface area contributed by atoms with E-state index in [1.54, 1.807) is 7.11 Å². The summed E-state index contributed by atoms with van der Waals surface area (Å²) in [5.41, 5.74) is 1.68. The summed E-state index contributed by atoms with van der Waals surface area (Å²) in [7, 11) is 1.67. The van der Waals surface area contributed by atoms with Gasteiger partial charge in [0.15, 0.2) is 0 Å². The Kier molecular flexibility index (Phi) is 5.24. The van der Waals surface area contributed by atoms with Crippen LogP contribution in [0.25, 0.3) is 0 Å². The normalized spacial score (nSPS) is 21.2. The fourth-order valence-electron chi connectivity index (χ4n) is 3.95. The second kappa shape index (κ2) is 7.39. The van der Waals surface area contributed by atoms with Crippen LogP contribution in [-0.2, 0) is 14.9 Å². The molecular weight excluding hydrogens is 302 g/mol. The number of carbonyl (C=O) groups is 1. The second-order valence-electron chi connectivity index (χ2n) is 6.90. The van der Waals surface area contributed by atoms with Gasteiger partial charge in [-0.05, 0) is 36.1 Å². The Labute approximate surface area is 144 Å². The van der Waals surface area contributed by atoms with Crippen molar-refractivity contribution >= 4 is 5.91 Å². The Hall–Kier alpha value is -1.81. The van der Waals surface area contributed by atoms with Crippen LogP contribution in [-0.4, -0.2) is 44.2 Å². The minimum Gasteiger partial charge on any atom is -0.497 e. The van der Waals surface area contributed by atoms with Gasteiger partial charge in [0, 0.05) is 13.1 Å². The van der Waals surface area contributed by atoms with E-state index in [0.717, 1.165) is 42.6 Å². The summed E-state index contributed by atoms with van der Waals surface area (Å²) in [6, 6.07) is 8.04. The molecule has 4 heteroatoms. The molecule has 0 N–H and O–H groups in total. The van der Waals surface area contributed by atoms with E-state index in [0.29, 0.717) is 26.3 Å². The number of ether oxygens (including phenoxy) is 2. The fraction of sp³-hybridized carbons (Fsp3) is 0.550. The van der Waals surface area contributed by atoms with Gasteiger partial charge in [0.05, 0.1) is 25.7 Å². The zero-order valence-corrected chi connectivity index (χ0v) is 14.6. The van der Waals surface area contributed by atoms with E-state index in [-0.39, 0.29) is 5.91 Å². The van der Waals surface area contributed by atoms with Crippen molar-refractivity contribution in [3.8, 4) is 5.75 Å². The third-order valence-electron chi connectivity index (χ3n) is 5.27. The standard InChI is InChI=1S/C20H27NO3/c1-16-14-21(12-13-24-15-16)19(22)20(10-4-3-5-11-20)17-6-8-18(23-2)9-7-17/h6-9H,1,3-5,10-15H2,2H3. The third-order valence-corrected chi connectivity index (χ3v) is 5.27. The van der Waals surface area contributed by atoms with Crippen molar-refractivity contribution < 1.29 is 14.3 Å². The van der Waals surface area contributed by atoms with Crippen LogP contribution in [0, 0.1) is 0 Å². The maximum Gasteiger partial charge on any atom is 0.233 e. The van der Waals surface area contributed by atoms with Gasteiger partial charge >= 0.3 is 0 Å². The van der Waals surface area contributed by atoms with Crippen molar-refractivity contribution in [3.05, 3.63) is 42.0 Å². The average molecular weight is 329 g/mol. The SMILES string of the molecule is C=C1COCCN(C(=O)C2(c3ccc(OC)cc3)CCCCC2)C1. The van der Waals surface area contributed by atoms with Crippen LogP contribution >= 0.6 is 0 Å². The number of methoxy groups -OCH3 is 1. The molecule has 4 nitrogen and oxygen atoms in total. The van der Waals surface area contributed by atoms with Crippen LogP contribution < -0.4 is 4.74 Å². The summed E-state index contributed by atoms with van der Waals surface area (Å²) >= 11 is 0. The van der Waals surface area contributed by atoms with Crippen molar-refractivity contribution in [2.24, 2.45) is 0 Å². The molecule has 1 aromatic rings. The lowest BCUT2D eigenvalue weighted by molar-refractivity contribution is -0.138. The first-order chi connectivity index (χ1) is 11.7. The lowest BCUT2D eigenvalue weighted by atomic mass is 9.68. The first-order valence-electron chi connectivity index (χ1n) is 8.84. The highest BCUT2D eigenvalue weighted by Gasteiger charge is 2.43. The van der Waals surface area contributed by atoms with Crippen LogP contribution in [0.2, 0.25) is 0 Å². The van der Waals surface area contributed by atoms with Gasteiger partial charge in [-0.3, -0.25) is 4.79 Å². The highest BCUT2D eigenvalue weighted by Crippen LogP contribution is 2.41. The van der Waals surface area contributed by atoms with Crippen molar-refractivity contribution in [2.45, 2.75) is 37.5 Å². The maximum absolute atomic E-state index is 13.5. The first kappa shape index (κ1) is 17.0. The number of nitrogens with zero attached hydrogens (tertiary/aromatic N) is 1. The monoisotopic (exact) mass is 329 g/mol.